The number of likely N-dealkylation sites (N-methyl/N-ethyl adjacent to an activating group) is 1. The lowest BCUT2D eigenvalue weighted by Crippen LogP contribution is -2.48. The number of carbonyl (C=O) groups excluding carboxylic acids is 3. The summed E-state index contributed by atoms with van der Waals surface area (Å²) < 4.78 is 1.78. The standard InChI is InChI=1S/C32H35BrN6O4/c1-37-15-23(13-25(18-37)35-27-14-34-38(2)32(43)29(27)33)19-5-9-22(10-6-19)31(42)39-16-24(17-39)20-3-7-21(8-4-20)26-11-12-28(40)36-30(26)41/h3-10,14,23-26,35H,11-13,15-18H2,1-2H3,(H,36,40,41)/t23-,25+,26?/m0/s1. The van der Waals surface area contributed by atoms with Gasteiger partial charge in [-0.25, -0.2) is 4.68 Å². The van der Waals surface area contributed by atoms with E-state index in [9.17, 15) is 19.2 Å². The number of hydrogen-bond donors (Lipinski definition) is 2. The van der Waals surface area contributed by atoms with Crippen molar-refractivity contribution >= 4 is 39.3 Å². The SMILES string of the molecule is CN1C[C@H](Nc2cnn(C)c(=O)c2Br)C[C@H](c2ccc(C(=O)N3CC(c4ccc(C5CCC(=O)NC5=O)cc4)C3)cc2)C1. The molecule has 224 valence electrons. The molecule has 2 N–H and O–H groups in total. The number of nitrogens with zero attached hydrogens (tertiary/aromatic N) is 4. The third-order valence-corrected chi connectivity index (χ3v) is 9.68. The first-order chi connectivity index (χ1) is 20.7. The van der Waals surface area contributed by atoms with Gasteiger partial charge < -0.3 is 15.1 Å². The van der Waals surface area contributed by atoms with Gasteiger partial charge in [0.25, 0.3) is 11.5 Å². The summed E-state index contributed by atoms with van der Waals surface area (Å²) in [5, 5.41) is 10.1. The lowest BCUT2D eigenvalue weighted by Gasteiger charge is -2.40. The highest BCUT2D eigenvalue weighted by Gasteiger charge is 2.34. The molecule has 10 nitrogen and oxygen atoms in total. The van der Waals surface area contributed by atoms with Gasteiger partial charge in [0.05, 0.1) is 17.8 Å². The van der Waals surface area contributed by atoms with Crippen LogP contribution in [0.3, 0.4) is 0 Å². The van der Waals surface area contributed by atoms with E-state index in [0.717, 1.165) is 30.6 Å². The van der Waals surface area contributed by atoms with Crippen molar-refractivity contribution in [2.45, 2.75) is 43.1 Å². The van der Waals surface area contributed by atoms with Crippen LogP contribution in [-0.2, 0) is 16.6 Å². The normalized spacial score (nSPS) is 23.0. The second-order valence-electron chi connectivity index (χ2n) is 12.0. The first-order valence-corrected chi connectivity index (χ1v) is 15.4. The molecule has 3 atom stereocenters. The number of anilines is 1. The summed E-state index contributed by atoms with van der Waals surface area (Å²) in [6.07, 6.45) is 3.47. The van der Waals surface area contributed by atoms with Crippen LogP contribution in [0, 0.1) is 0 Å². The average molecular weight is 648 g/mol. The quantitative estimate of drug-likeness (QED) is 0.395. The van der Waals surface area contributed by atoms with Gasteiger partial charge in [-0.15, -0.1) is 0 Å². The van der Waals surface area contributed by atoms with Crippen LogP contribution in [0.15, 0.2) is 64.0 Å². The van der Waals surface area contributed by atoms with Crippen LogP contribution in [-0.4, -0.2) is 76.6 Å². The van der Waals surface area contributed by atoms with E-state index >= 15 is 0 Å². The molecule has 3 aliphatic rings. The van der Waals surface area contributed by atoms with Crippen LogP contribution in [0.1, 0.15) is 64.1 Å². The number of hydrogen-bond acceptors (Lipinski definition) is 7. The molecule has 1 unspecified atom stereocenters. The lowest BCUT2D eigenvalue weighted by molar-refractivity contribution is -0.134. The van der Waals surface area contributed by atoms with Crippen molar-refractivity contribution in [2.24, 2.45) is 7.05 Å². The zero-order valence-corrected chi connectivity index (χ0v) is 25.8. The van der Waals surface area contributed by atoms with E-state index in [4.69, 9.17) is 0 Å². The monoisotopic (exact) mass is 646 g/mol. The molecule has 0 bridgehead atoms. The number of benzene rings is 2. The molecular weight excluding hydrogens is 612 g/mol. The first-order valence-electron chi connectivity index (χ1n) is 14.7. The minimum absolute atomic E-state index is 0.0336. The van der Waals surface area contributed by atoms with Crippen LogP contribution in [0.25, 0.3) is 0 Å². The van der Waals surface area contributed by atoms with Crippen molar-refractivity contribution in [1.82, 2.24) is 24.9 Å². The minimum Gasteiger partial charge on any atom is -0.379 e. The molecule has 0 radical (unpaired) electrons. The van der Waals surface area contributed by atoms with Gasteiger partial charge in [-0.3, -0.25) is 24.5 Å². The molecular formula is C32H35BrN6O4. The largest absolute Gasteiger partial charge is 0.379 e. The third kappa shape index (κ3) is 6.14. The van der Waals surface area contributed by atoms with Crippen LogP contribution in [0.4, 0.5) is 5.69 Å². The minimum atomic E-state index is -0.288. The Balaban J connectivity index is 1.04. The summed E-state index contributed by atoms with van der Waals surface area (Å²) in [4.78, 5) is 53.3. The van der Waals surface area contributed by atoms with E-state index in [0.29, 0.717) is 41.7 Å². The molecule has 6 rings (SSSR count). The maximum absolute atomic E-state index is 13.2. The molecule has 0 aliphatic carbocycles. The van der Waals surface area contributed by atoms with Gasteiger partial charge >= 0.3 is 0 Å². The topological polar surface area (TPSA) is 117 Å². The number of amides is 3. The average Bonchev–Trinajstić information content (AvgIpc) is 2.97. The molecule has 2 aromatic carbocycles. The molecule has 0 saturated carbocycles. The van der Waals surface area contributed by atoms with Crippen LogP contribution in [0.5, 0.6) is 0 Å². The number of aryl methyl sites for hydroxylation is 1. The van der Waals surface area contributed by atoms with E-state index < -0.39 is 0 Å². The Morgan fingerprint density at radius 2 is 1.56 bits per heavy atom. The number of halogens is 1. The maximum atomic E-state index is 13.2. The summed E-state index contributed by atoms with van der Waals surface area (Å²) in [6.45, 7) is 3.08. The molecule has 3 aliphatic heterocycles. The summed E-state index contributed by atoms with van der Waals surface area (Å²) in [5.41, 5.74) is 4.46. The van der Waals surface area contributed by atoms with Crippen molar-refractivity contribution in [3.8, 4) is 0 Å². The smallest absolute Gasteiger partial charge is 0.282 e. The fraction of sp³-hybridized carbons (Fsp3) is 0.406. The molecule has 1 aromatic heterocycles. The number of nitrogens with one attached hydrogen (secondary N) is 2. The van der Waals surface area contributed by atoms with Gasteiger partial charge in [-0.05, 0) is 70.6 Å². The summed E-state index contributed by atoms with van der Waals surface area (Å²) in [6, 6.07) is 16.1. The second-order valence-corrected chi connectivity index (χ2v) is 12.8. The van der Waals surface area contributed by atoms with Crippen molar-refractivity contribution in [3.05, 3.63) is 91.8 Å². The Labute approximate surface area is 258 Å². The zero-order valence-electron chi connectivity index (χ0n) is 24.3. The number of aromatic nitrogens is 2. The maximum Gasteiger partial charge on any atom is 0.282 e. The first kappa shape index (κ1) is 29.3. The zero-order chi connectivity index (χ0) is 30.2. The molecule has 3 aromatic rings. The molecule has 4 heterocycles. The van der Waals surface area contributed by atoms with Gasteiger partial charge in [0.2, 0.25) is 11.8 Å². The van der Waals surface area contributed by atoms with Crippen LogP contribution < -0.4 is 16.2 Å². The van der Waals surface area contributed by atoms with Crippen molar-refractivity contribution < 1.29 is 14.4 Å². The van der Waals surface area contributed by atoms with Gasteiger partial charge in [0, 0.05) is 57.2 Å². The van der Waals surface area contributed by atoms with Crippen LogP contribution in [0.2, 0.25) is 0 Å². The Morgan fingerprint density at radius 3 is 2.26 bits per heavy atom. The number of likely N-dealkylation sites (tertiary alicyclic amines) is 2. The van der Waals surface area contributed by atoms with E-state index in [1.54, 1.807) is 13.2 Å². The molecule has 0 spiro atoms. The predicted octanol–water partition coefficient (Wildman–Crippen LogP) is 3.20. The second kappa shape index (κ2) is 12.0. The summed E-state index contributed by atoms with van der Waals surface area (Å²) in [5.74, 6) is -0.139. The van der Waals surface area contributed by atoms with Gasteiger partial charge in [-0.2, -0.15) is 5.10 Å². The highest BCUT2D eigenvalue weighted by Crippen LogP contribution is 2.33. The Kier molecular flexibility index (Phi) is 8.19. The summed E-state index contributed by atoms with van der Waals surface area (Å²) in [7, 11) is 3.72. The highest BCUT2D eigenvalue weighted by atomic mass is 79.9. The van der Waals surface area contributed by atoms with Crippen molar-refractivity contribution in [2.75, 3.05) is 38.5 Å². The molecule has 11 heteroatoms. The van der Waals surface area contributed by atoms with Gasteiger partial charge in [-0.1, -0.05) is 36.4 Å². The van der Waals surface area contributed by atoms with Crippen molar-refractivity contribution in [3.63, 3.8) is 0 Å². The summed E-state index contributed by atoms with van der Waals surface area (Å²) >= 11 is 3.41. The molecule has 3 fully saturated rings. The van der Waals surface area contributed by atoms with E-state index in [2.05, 4.69) is 55.7 Å². The van der Waals surface area contributed by atoms with Crippen LogP contribution >= 0.6 is 15.9 Å². The predicted molar refractivity (Wildman–Crippen MR) is 166 cm³/mol. The molecule has 3 amide bonds. The number of imide groups is 1. The molecule has 3 saturated heterocycles. The Hall–Kier alpha value is -3.83. The fourth-order valence-electron chi connectivity index (χ4n) is 6.44. The number of carbonyl (C=O) groups is 3. The Morgan fingerprint density at radius 1 is 0.907 bits per heavy atom. The number of piperidine rings is 2. The lowest BCUT2D eigenvalue weighted by atomic mass is 9.86. The van der Waals surface area contributed by atoms with E-state index in [1.807, 2.05) is 41.3 Å². The highest BCUT2D eigenvalue weighted by molar-refractivity contribution is 9.10. The van der Waals surface area contributed by atoms with Crippen molar-refractivity contribution in [1.29, 1.82) is 0 Å². The number of rotatable bonds is 6. The third-order valence-electron chi connectivity index (χ3n) is 8.92. The van der Waals surface area contributed by atoms with Gasteiger partial charge in [0.1, 0.15) is 4.47 Å². The van der Waals surface area contributed by atoms with Gasteiger partial charge in [0.15, 0.2) is 0 Å². The van der Waals surface area contributed by atoms with E-state index in [-0.39, 0.29) is 47.1 Å². The Bertz CT molecular complexity index is 1600. The fourth-order valence-corrected chi connectivity index (χ4v) is 6.92. The molecule has 43 heavy (non-hydrogen) atoms. The van der Waals surface area contributed by atoms with E-state index in [1.165, 1.54) is 10.2 Å².